The van der Waals surface area contributed by atoms with E-state index in [0.29, 0.717) is 12.6 Å². The summed E-state index contributed by atoms with van der Waals surface area (Å²) in [7, 11) is 0. The fraction of sp³-hybridized carbons (Fsp3) is 0.833. The molecule has 1 N–H and O–H groups in total. The van der Waals surface area contributed by atoms with Crippen molar-refractivity contribution < 1.29 is 9.59 Å². The van der Waals surface area contributed by atoms with Gasteiger partial charge in [0.2, 0.25) is 11.8 Å². The molecule has 1 saturated carbocycles. The molecule has 5 nitrogen and oxygen atoms in total. The molecule has 102 valence electrons. The van der Waals surface area contributed by atoms with Crippen molar-refractivity contribution in [3.63, 3.8) is 0 Å². The summed E-state index contributed by atoms with van der Waals surface area (Å²) in [5, 5.41) is 3.20. The van der Waals surface area contributed by atoms with Gasteiger partial charge in [0, 0.05) is 19.1 Å². The molecule has 0 spiro atoms. The van der Waals surface area contributed by atoms with E-state index in [1.807, 2.05) is 4.90 Å². The molecular formula is C12H20ClN3O2. The van der Waals surface area contributed by atoms with Crippen molar-refractivity contribution >= 4 is 24.2 Å². The van der Waals surface area contributed by atoms with Crippen LogP contribution < -0.4 is 5.32 Å². The predicted octanol–water partition coefficient (Wildman–Crippen LogP) is -0.00660. The van der Waals surface area contributed by atoms with Gasteiger partial charge in [0.15, 0.2) is 0 Å². The van der Waals surface area contributed by atoms with Crippen LogP contribution in [0.2, 0.25) is 0 Å². The van der Waals surface area contributed by atoms with Crippen molar-refractivity contribution in [1.29, 1.82) is 0 Å². The molecule has 2 aliphatic heterocycles. The van der Waals surface area contributed by atoms with Crippen LogP contribution in [0.25, 0.3) is 0 Å². The Morgan fingerprint density at radius 1 is 1.22 bits per heavy atom. The first-order chi connectivity index (χ1) is 8.25. The Bertz CT molecular complexity index is 340. The summed E-state index contributed by atoms with van der Waals surface area (Å²) in [6.45, 7) is 2.64. The zero-order chi connectivity index (χ0) is 11.8. The zero-order valence-corrected chi connectivity index (χ0v) is 11.2. The van der Waals surface area contributed by atoms with E-state index in [2.05, 4.69) is 5.32 Å². The van der Waals surface area contributed by atoms with Crippen molar-refractivity contribution in [2.24, 2.45) is 0 Å². The second kappa shape index (κ2) is 5.45. The SMILES string of the molecule is Cl.O=C([C@@H]1CCCN1)N1CCN(C2CC2)C(=O)C1. The lowest BCUT2D eigenvalue weighted by molar-refractivity contribution is -0.146. The Hall–Kier alpha value is -0.810. The third-order valence-electron chi connectivity index (χ3n) is 3.92. The highest BCUT2D eigenvalue weighted by Gasteiger charge is 2.38. The van der Waals surface area contributed by atoms with Gasteiger partial charge in [-0.05, 0) is 32.2 Å². The fourth-order valence-corrected chi connectivity index (χ4v) is 2.76. The zero-order valence-electron chi connectivity index (χ0n) is 10.4. The van der Waals surface area contributed by atoms with Gasteiger partial charge in [-0.3, -0.25) is 9.59 Å². The molecule has 2 amide bonds. The molecule has 18 heavy (non-hydrogen) atoms. The summed E-state index contributed by atoms with van der Waals surface area (Å²) in [5.41, 5.74) is 0. The molecule has 1 aliphatic carbocycles. The number of nitrogens with one attached hydrogen (secondary N) is 1. The number of carbonyl (C=O) groups excluding carboxylic acids is 2. The van der Waals surface area contributed by atoms with Crippen molar-refractivity contribution in [3.05, 3.63) is 0 Å². The average Bonchev–Trinajstić information content (AvgIpc) is 3.02. The number of rotatable bonds is 2. The Morgan fingerprint density at radius 2 is 2.00 bits per heavy atom. The third kappa shape index (κ3) is 2.62. The second-order valence-electron chi connectivity index (χ2n) is 5.23. The van der Waals surface area contributed by atoms with Gasteiger partial charge in [0.25, 0.3) is 0 Å². The smallest absolute Gasteiger partial charge is 0.242 e. The van der Waals surface area contributed by atoms with Gasteiger partial charge >= 0.3 is 0 Å². The highest BCUT2D eigenvalue weighted by molar-refractivity contribution is 5.89. The van der Waals surface area contributed by atoms with Crippen LogP contribution in [0.4, 0.5) is 0 Å². The largest absolute Gasteiger partial charge is 0.336 e. The van der Waals surface area contributed by atoms with Crippen LogP contribution in [0.5, 0.6) is 0 Å². The number of nitrogens with zero attached hydrogens (tertiary/aromatic N) is 2. The first-order valence-electron chi connectivity index (χ1n) is 6.57. The van der Waals surface area contributed by atoms with Gasteiger partial charge in [-0.1, -0.05) is 0 Å². The molecule has 2 heterocycles. The Kier molecular flexibility index (Phi) is 4.12. The van der Waals surface area contributed by atoms with Crippen LogP contribution in [0.1, 0.15) is 25.7 Å². The summed E-state index contributed by atoms with van der Waals surface area (Å²) in [6, 6.07) is 0.430. The van der Waals surface area contributed by atoms with Crippen molar-refractivity contribution in [2.75, 3.05) is 26.2 Å². The van der Waals surface area contributed by atoms with E-state index < -0.39 is 0 Å². The lowest BCUT2D eigenvalue weighted by Gasteiger charge is -2.35. The number of hydrogen-bond acceptors (Lipinski definition) is 3. The lowest BCUT2D eigenvalue weighted by Crippen LogP contribution is -2.56. The molecular weight excluding hydrogens is 254 g/mol. The summed E-state index contributed by atoms with van der Waals surface area (Å²) >= 11 is 0. The minimum atomic E-state index is -0.0460. The molecule has 3 fully saturated rings. The maximum Gasteiger partial charge on any atom is 0.242 e. The first-order valence-corrected chi connectivity index (χ1v) is 6.57. The Balaban J connectivity index is 0.00000120. The molecule has 0 aromatic carbocycles. The van der Waals surface area contributed by atoms with Gasteiger partial charge in [-0.15, -0.1) is 12.4 Å². The van der Waals surface area contributed by atoms with Crippen LogP contribution in [-0.2, 0) is 9.59 Å². The van der Waals surface area contributed by atoms with Crippen LogP contribution in [0, 0.1) is 0 Å². The standard InChI is InChI=1S/C12H19N3O2.ClH/c16-11-8-14(6-7-15(11)9-3-4-9)12(17)10-2-1-5-13-10;/h9-10,13H,1-8H2;1H/t10-;/m0./s1. The summed E-state index contributed by atoms with van der Waals surface area (Å²) in [5.74, 6) is 0.247. The van der Waals surface area contributed by atoms with E-state index in [1.54, 1.807) is 4.90 Å². The molecule has 6 heteroatoms. The van der Waals surface area contributed by atoms with E-state index in [4.69, 9.17) is 0 Å². The molecule has 0 aromatic heterocycles. The summed E-state index contributed by atoms with van der Waals surface area (Å²) in [6.07, 6.45) is 4.26. The fourth-order valence-electron chi connectivity index (χ4n) is 2.76. The minimum Gasteiger partial charge on any atom is -0.336 e. The van der Waals surface area contributed by atoms with Crippen molar-refractivity contribution in [2.45, 2.75) is 37.8 Å². The molecule has 0 radical (unpaired) electrons. The van der Waals surface area contributed by atoms with Crippen LogP contribution in [0.3, 0.4) is 0 Å². The predicted molar refractivity (Wildman–Crippen MR) is 69.6 cm³/mol. The topological polar surface area (TPSA) is 52.7 Å². The third-order valence-corrected chi connectivity index (χ3v) is 3.92. The van der Waals surface area contributed by atoms with E-state index >= 15 is 0 Å². The summed E-state index contributed by atoms with van der Waals surface area (Å²) < 4.78 is 0. The van der Waals surface area contributed by atoms with Gasteiger partial charge in [0.1, 0.15) is 0 Å². The Labute approximate surface area is 113 Å². The molecule has 0 aromatic rings. The van der Waals surface area contributed by atoms with E-state index in [1.165, 1.54) is 0 Å². The normalized spacial score (nSPS) is 28.2. The number of amides is 2. The second-order valence-corrected chi connectivity index (χ2v) is 5.23. The van der Waals surface area contributed by atoms with Crippen LogP contribution >= 0.6 is 12.4 Å². The maximum absolute atomic E-state index is 12.1. The molecule has 1 atom stereocenters. The molecule has 0 unspecified atom stereocenters. The van der Waals surface area contributed by atoms with Gasteiger partial charge < -0.3 is 15.1 Å². The number of halogens is 1. The molecule has 0 bridgehead atoms. The Morgan fingerprint density at radius 3 is 2.56 bits per heavy atom. The highest BCUT2D eigenvalue weighted by Crippen LogP contribution is 2.28. The summed E-state index contributed by atoms with van der Waals surface area (Å²) in [4.78, 5) is 27.7. The average molecular weight is 274 g/mol. The quantitative estimate of drug-likeness (QED) is 0.770. The first kappa shape index (κ1) is 13.6. The number of hydrogen-bond donors (Lipinski definition) is 1. The maximum atomic E-state index is 12.1. The van der Waals surface area contributed by atoms with Gasteiger partial charge in [-0.2, -0.15) is 0 Å². The number of carbonyl (C=O) groups is 2. The van der Waals surface area contributed by atoms with E-state index in [9.17, 15) is 9.59 Å². The van der Waals surface area contributed by atoms with Crippen molar-refractivity contribution in [3.8, 4) is 0 Å². The molecule has 3 aliphatic rings. The van der Waals surface area contributed by atoms with Gasteiger partial charge in [0.05, 0.1) is 12.6 Å². The monoisotopic (exact) mass is 273 g/mol. The lowest BCUT2D eigenvalue weighted by atomic mass is 10.2. The number of piperazine rings is 1. The minimum absolute atomic E-state index is 0. The molecule has 3 rings (SSSR count). The highest BCUT2D eigenvalue weighted by atomic mass is 35.5. The van der Waals surface area contributed by atoms with Crippen molar-refractivity contribution in [1.82, 2.24) is 15.1 Å². The molecule has 2 saturated heterocycles. The van der Waals surface area contributed by atoms with E-state index in [-0.39, 0.29) is 36.8 Å². The van der Waals surface area contributed by atoms with E-state index in [0.717, 1.165) is 38.8 Å². The van der Waals surface area contributed by atoms with Gasteiger partial charge in [-0.25, -0.2) is 0 Å². The van der Waals surface area contributed by atoms with Crippen LogP contribution in [0.15, 0.2) is 0 Å². The van der Waals surface area contributed by atoms with Crippen LogP contribution in [-0.4, -0.2) is 59.9 Å².